The minimum Gasteiger partial charge on any atom is -0.454 e. The largest absolute Gasteiger partial charge is 0.454 e. The third-order valence-corrected chi connectivity index (χ3v) is 3.78. The highest BCUT2D eigenvalue weighted by Gasteiger charge is 2.15. The lowest BCUT2D eigenvalue weighted by molar-refractivity contribution is 0.0954. The highest BCUT2D eigenvalue weighted by molar-refractivity contribution is 5.95. The number of nitrogens with zero attached hydrogens (tertiary/aromatic N) is 2. The Bertz CT molecular complexity index is 774. The normalized spacial score (nSPS) is 12.4. The number of hydrazone groups is 1. The molecule has 1 heterocycles. The molecule has 1 amide bonds. The van der Waals surface area contributed by atoms with Crippen LogP contribution in [0.1, 0.15) is 15.9 Å². The number of hydrogen-bond donors (Lipinski definition) is 2. The van der Waals surface area contributed by atoms with Gasteiger partial charge in [0.05, 0.1) is 12.8 Å². The fourth-order valence-electron chi connectivity index (χ4n) is 2.36. The molecule has 2 aromatic carbocycles. The van der Waals surface area contributed by atoms with Gasteiger partial charge in [-0.2, -0.15) is 5.10 Å². The molecule has 0 saturated carbocycles. The highest BCUT2D eigenvalue weighted by Crippen LogP contribution is 2.32. The minimum atomic E-state index is -0.325. The summed E-state index contributed by atoms with van der Waals surface area (Å²) >= 11 is 0. The van der Waals surface area contributed by atoms with Crippen LogP contribution in [0.3, 0.4) is 0 Å². The second-order valence-electron chi connectivity index (χ2n) is 5.50. The van der Waals surface area contributed by atoms with Gasteiger partial charge in [0.25, 0.3) is 5.91 Å². The van der Waals surface area contributed by atoms with Gasteiger partial charge in [0.2, 0.25) is 6.79 Å². The molecule has 130 valence electrons. The summed E-state index contributed by atoms with van der Waals surface area (Å²) in [4.78, 5) is 14.0. The summed E-state index contributed by atoms with van der Waals surface area (Å²) in [6.07, 6.45) is 1.57. The van der Waals surface area contributed by atoms with Crippen molar-refractivity contribution in [3.05, 3.63) is 53.6 Å². The van der Waals surface area contributed by atoms with Gasteiger partial charge >= 0.3 is 0 Å². The van der Waals surface area contributed by atoms with Crippen molar-refractivity contribution in [1.82, 2.24) is 5.43 Å². The molecule has 1 aliphatic rings. The number of benzene rings is 2. The Labute approximate surface area is 145 Å². The number of fused-ring (bicyclic) bond motifs is 1. The zero-order valence-electron chi connectivity index (χ0n) is 13.8. The Balaban J connectivity index is 1.58. The third-order valence-electron chi connectivity index (χ3n) is 3.78. The van der Waals surface area contributed by atoms with Crippen LogP contribution in [0.15, 0.2) is 47.6 Å². The molecule has 25 heavy (non-hydrogen) atoms. The van der Waals surface area contributed by atoms with Crippen LogP contribution >= 0.6 is 0 Å². The topological polar surface area (TPSA) is 83.4 Å². The standard InChI is InChI=1S/C18H19N3O4/c1-21(8-9-22)15-5-2-13(3-6-15)11-19-20-18(23)14-4-7-16-17(10-14)25-12-24-16/h2-7,10-11,22H,8-9,12H2,1H3,(H,20,23)/b19-11-. The summed E-state index contributed by atoms with van der Waals surface area (Å²) in [5.41, 5.74) is 4.78. The number of carbonyl (C=O) groups excluding carboxylic acids is 1. The van der Waals surface area contributed by atoms with Crippen molar-refractivity contribution < 1.29 is 19.4 Å². The molecular formula is C18H19N3O4. The maximum Gasteiger partial charge on any atom is 0.271 e. The lowest BCUT2D eigenvalue weighted by atomic mass is 10.2. The van der Waals surface area contributed by atoms with Crippen molar-refractivity contribution in [2.75, 3.05) is 31.9 Å². The van der Waals surface area contributed by atoms with E-state index in [-0.39, 0.29) is 19.3 Å². The van der Waals surface area contributed by atoms with Crippen LogP contribution in [-0.4, -0.2) is 44.2 Å². The first-order valence-corrected chi connectivity index (χ1v) is 7.82. The quantitative estimate of drug-likeness (QED) is 0.616. The number of hydrogen-bond acceptors (Lipinski definition) is 6. The predicted octanol–water partition coefficient (Wildman–Crippen LogP) is 1.61. The first-order chi connectivity index (χ1) is 12.2. The second kappa shape index (κ2) is 7.67. The van der Waals surface area contributed by atoms with E-state index in [1.165, 1.54) is 0 Å². The van der Waals surface area contributed by atoms with E-state index in [1.54, 1.807) is 24.4 Å². The number of aliphatic hydroxyl groups is 1. The van der Waals surface area contributed by atoms with Crippen molar-refractivity contribution in [3.8, 4) is 11.5 Å². The van der Waals surface area contributed by atoms with Gasteiger partial charge < -0.3 is 19.5 Å². The van der Waals surface area contributed by atoms with E-state index in [0.717, 1.165) is 11.3 Å². The van der Waals surface area contributed by atoms with Gasteiger partial charge in [-0.1, -0.05) is 12.1 Å². The third kappa shape index (κ3) is 4.07. The van der Waals surface area contributed by atoms with Crippen LogP contribution in [0.2, 0.25) is 0 Å². The number of amides is 1. The van der Waals surface area contributed by atoms with Gasteiger partial charge in [-0.15, -0.1) is 0 Å². The molecule has 2 N–H and O–H groups in total. The van der Waals surface area contributed by atoms with E-state index in [4.69, 9.17) is 14.6 Å². The highest BCUT2D eigenvalue weighted by atomic mass is 16.7. The summed E-state index contributed by atoms with van der Waals surface area (Å²) in [6.45, 7) is 0.840. The number of nitrogens with one attached hydrogen (secondary N) is 1. The molecule has 1 aliphatic heterocycles. The van der Waals surface area contributed by atoms with Gasteiger partial charge in [0.1, 0.15) is 0 Å². The summed E-state index contributed by atoms with van der Waals surface area (Å²) in [5, 5.41) is 12.9. The van der Waals surface area contributed by atoms with Gasteiger partial charge in [-0.25, -0.2) is 5.43 Å². The van der Waals surface area contributed by atoms with Crippen molar-refractivity contribution >= 4 is 17.8 Å². The summed E-state index contributed by atoms with van der Waals surface area (Å²) in [7, 11) is 1.91. The number of anilines is 1. The van der Waals surface area contributed by atoms with Crippen LogP contribution < -0.4 is 19.8 Å². The first kappa shape index (κ1) is 16.8. The van der Waals surface area contributed by atoms with Crippen molar-refractivity contribution in [3.63, 3.8) is 0 Å². The molecule has 2 aromatic rings. The summed E-state index contributed by atoms with van der Waals surface area (Å²) < 4.78 is 10.5. The average Bonchev–Trinajstić information content (AvgIpc) is 3.10. The molecule has 0 atom stereocenters. The molecule has 0 spiro atoms. The molecule has 7 heteroatoms. The van der Waals surface area contributed by atoms with E-state index in [0.29, 0.717) is 23.6 Å². The van der Waals surface area contributed by atoms with E-state index < -0.39 is 0 Å². The Kier molecular flexibility index (Phi) is 5.15. The zero-order chi connectivity index (χ0) is 17.6. The van der Waals surface area contributed by atoms with Gasteiger partial charge in [0, 0.05) is 24.8 Å². The van der Waals surface area contributed by atoms with Crippen molar-refractivity contribution in [1.29, 1.82) is 0 Å². The van der Waals surface area contributed by atoms with E-state index in [1.807, 2.05) is 36.2 Å². The Morgan fingerprint density at radius 2 is 2.00 bits per heavy atom. The fraction of sp³-hybridized carbons (Fsp3) is 0.222. The molecule has 0 bridgehead atoms. The molecular weight excluding hydrogens is 322 g/mol. The number of carbonyl (C=O) groups is 1. The maximum absolute atomic E-state index is 12.1. The van der Waals surface area contributed by atoms with Gasteiger partial charge in [-0.05, 0) is 35.9 Å². The van der Waals surface area contributed by atoms with Crippen LogP contribution in [0.5, 0.6) is 11.5 Å². The molecule has 0 aromatic heterocycles. The van der Waals surface area contributed by atoms with Crippen molar-refractivity contribution in [2.45, 2.75) is 0 Å². The second-order valence-corrected chi connectivity index (χ2v) is 5.50. The van der Waals surface area contributed by atoms with Crippen LogP contribution in [0.4, 0.5) is 5.69 Å². The summed E-state index contributed by atoms with van der Waals surface area (Å²) in [6, 6.07) is 12.6. The van der Waals surface area contributed by atoms with Crippen LogP contribution in [0.25, 0.3) is 0 Å². The Morgan fingerprint density at radius 1 is 1.24 bits per heavy atom. The van der Waals surface area contributed by atoms with E-state index >= 15 is 0 Å². The molecule has 0 aliphatic carbocycles. The predicted molar refractivity (Wildman–Crippen MR) is 94.4 cm³/mol. The minimum absolute atomic E-state index is 0.103. The molecule has 0 fully saturated rings. The lowest BCUT2D eigenvalue weighted by Gasteiger charge is -2.17. The molecule has 0 unspecified atom stereocenters. The fourth-order valence-corrected chi connectivity index (χ4v) is 2.36. The molecule has 0 radical (unpaired) electrons. The zero-order valence-corrected chi connectivity index (χ0v) is 13.8. The van der Waals surface area contributed by atoms with Gasteiger partial charge in [0.15, 0.2) is 11.5 Å². The molecule has 7 nitrogen and oxygen atoms in total. The molecule has 3 rings (SSSR count). The van der Waals surface area contributed by atoms with Crippen LogP contribution in [-0.2, 0) is 0 Å². The Morgan fingerprint density at radius 3 is 2.76 bits per heavy atom. The smallest absolute Gasteiger partial charge is 0.271 e. The summed E-state index contributed by atoms with van der Waals surface area (Å²) in [5.74, 6) is 0.861. The van der Waals surface area contributed by atoms with E-state index in [9.17, 15) is 4.79 Å². The molecule has 0 saturated heterocycles. The number of likely N-dealkylation sites (N-methyl/N-ethyl adjacent to an activating group) is 1. The SMILES string of the molecule is CN(CCO)c1ccc(/C=N\NC(=O)c2ccc3c(c2)OCO3)cc1. The first-order valence-electron chi connectivity index (χ1n) is 7.82. The van der Waals surface area contributed by atoms with Crippen molar-refractivity contribution in [2.24, 2.45) is 5.10 Å². The average molecular weight is 341 g/mol. The maximum atomic E-state index is 12.1. The number of ether oxygens (including phenoxy) is 2. The monoisotopic (exact) mass is 341 g/mol. The Hall–Kier alpha value is -3.06. The van der Waals surface area contributed by atoms with Gasteiger partial charge in [-0.3, -0.25) is 4.79 Å². The van der Waals surface area contributed by atoms with E-state index in [2.05, 4.69) is 10.5 Å². The lowest BCUT2D eigenvalue weighted by Crippen LogP contribution is -2.20. The number of aliphatic hydroxyl groups excluding tert-OH is 1. The number of rotatable bonds is 6. The van der Waals surface area contributed by atoms with Crippen LogP contribution in [0, 0.1) is 0 Å².